The predicted octanol–water partition coefficient (Wildman–Crippen LogP) is 10.9. The molecule has 0 aromatic heterocycles. The first-order valence-electron chi connectivity index (χ1n) is 19.0. The lowest BCUT2D eigenvalue weighted by Crippen LogP contribution is -2.35. The molecule has 0 aliphatic carbocycles. The average molecular weight is 755 g/mol. The minimum Gasteiger partial charge on any atom is -0.489 e. The molecule has 0 saturated heterocycles. The number of hydrogen-bond acceptors (Lipinski definition) is 7. The second-order valence-electron chi connectivity index (χ2n) is 13.8. The molecule has 8 rings (SSSR count). The Labute approximate surface area is 333 Å². The summed E-state index contributed by atoms with van der Waals surface area (Å²) in [7, 11) is 0. The Kier molecular flexibility index (Phi) is 11.7. The molecule has 57 heavy (non-hydrogen) atoms. The SMILES string of the molecule is O=C(OC1Cc2c(OCc3ccccc3)cc(OCc3ccccc3)cc2OC1c1ccc(OCc2ccccc2)cc1)c1ccc(OCc2ccccc2)cc1. The number of ether oxygens (including phenoxy) is 6. The van der Waals surface area contributed by atoms with Gasteiger partial charge in [-0.3, -0.25) is 0 Å². The Hall–Kier alpha value is -6.99. The van der Waals surface area contributed by atoms with Gasteiger partial charge in [0.15, 0.2) is 6.10 Å². The first kappa shape index (κ1) is 37.0. The van der Waals surface area contributed by atoms with Gasteiger partial charge in [0, 0.05) is 24.1 Å². The van der Waals surface area contributed by atoms with Crippen LogP contribution in [0.2, 0.25) is 0 Å². The third kappa shape index (κ3) is 9.82. The first-order valence-corrected chi connectivity index (χ1v) is 19.0. The summed E-state index contributed by atoms with van der Waals surface area (Å²) in [6, 6.07) is 58.5. The molecule has 0 bridgehead atoms. The summed E-state index contributed by atoms with van der Waals surface area (Å²) < 4.78 is 38.0. The molecule has 284 valence electrons. The van der Waals surface area contributed by atoms with Crippen molar-refractivity contribution in [1.82, 2.24) is 0 Å². The summed E-state index contributed by atoms with van der Waals surface area (Å²) >= 11 is 0. The Morgan fingerprint density at radius 3 is 1.42 bits per heavy atom. The van der Waals surface area contributed by atoms with Crippen molar-refractivity contribution in [2.24, 2.45) is 0 Å². The summed E-state index contributed by atoms with van der Waals surface area (Å²) in [6.45, 7) is 1.59. The van der Waals surface area contributed by atoms with Crippen molar-refractivity contribution < 1.29 is 33.2 Å². The van der Waals surface area contributed by atoms with E-state index >= 15 is 0 Å². The lowest BCUT2D eigenvalue weighted by molar-refractivity contribution is -0.0189. The van der Waals surface area contributed by atoms with Gasteiger partial charge in [0.25, 0.3) is 0 Å². The van der Waals surface area contributed by atoms with Crippen LogP contribution in [-0.4, -0.2) is 12.1 Å². The van der Waals surface area contributed by atoms with Crippen molar-refractivity contribution >= 4 is 5.97 Å². The summed E-state index contributed by atoms with van der Waals surface area (Å²) in [5.74, 6) is 2.71. The Balaban J connectivity index is 1.06. The predicted molar refractivity (Wildman–Crippen MR) is 219 cm³/mol. The Morgan fingerprint density at radius 2 is 0.930 bits per heavy atom. The quantitative estimate of drug-likeness (QED) is 0.0965. The summed E-state index contributed by atoms with van der Waals surface area (Å²) in [5, 5.41) is 0. The zero-order chi connectivity index (χ0) is 38.7. The summed E-state index contributed by atoms with van der Waals surface area (Å²) in [4.78, 5) is 13.8. The smallest absolute Gasteiger partial charge is 0.338 e. The van der Waals surface area contributed by atoms with Gasteiger partial charge in [-0.1, -0.05) is 133 Å². The normalized spacial score (nSPS) is 14.4. The van der Waals surface area contributed by atoms with Crippen LogP contribution in [0.4, 0.5) is 0 Å². The van der Waals surface area contributed by atoms with E-state index in [9.17, 15) is 4.79 Å². The van der Waals surface area contributed by atoms with Crippen LogP contribution >= 0.6 is 0 Å². The van der Waals surface area contributed by atoms with Gasteiger partial charge in [-0.15, -0.1) is 0 Å². The fourth-order valence-corrected chi connectivity index (χ4v) is 6.63. The Morgan fingerprint density at radius 1 is 0.491 bits per heavy atom. The molecule has 1 heterocycles. The zero-order valence-corrected chi connectivity index (χ0v) is 31.4. The number of esters is 1. The van der Waals surface area contributed by atoms with E-state index in [0.29, 0.717) is 61.4 Å². The number of rotatable bonds is 15. The molecule has 2 unspecified atom stereocenters. The van der Waals surface area contributed by atoms with Crippen LogP contribution in [0.15, 0.2) is 182 Å². The standard InChI is InChI=1S/C50H42O7/c51-50(41-23-27-43(28-24-41)53-33-37-15-7-2-8-16-37)57-48-31-45-46(55-35-39-19-11-4-12-20-39)29-44(54-34-38-17-9-3-10-18-38)30-47(45)56-49(48)40-21-25-42(26-22-40)52-32-36-13-5-1-6-14-36/h1-30,48-49H,31-35H2. The fraction of sp³-hybridized carbons (Fsp3) is 0.140. The highest BCUT2D eigenvalue weighted by Crippen LogP contribution is 2.44. The maximum Gasteiger partial charge on any atom is 0.338 e. The van der Waals surface area contributed by atoms with E-state index in [2.05, 4.69) is 0 Å². The summed E-state index contributed by atoms with van der Waals surface area (Å²) in [6.07, 6.45) is -0.978. The van der Waals surface area contributed by atoms with Crippen molar-refractivity contribution in [2.45, 2.75) is 45.1 Å². The lowest BCUT2D eigenvalue weighted by Gasteiger charge is -2.34. The van der Waals surface area contributed by atoms with E-state index in [1.165, 1.54) is 0 Å². The van der Waals surface area contributed by atoms with Gasteiger partial charge >= 0.3 is 5.97 Å². The van der Waals surface area contributed by atoms with Gasteiger partial charge in [-0.25, -0.2) is 4.79 Å². The molecule has 7 heteroatoms. The highest BCUT2D eigenvalue weighted by Gasteiger charge is 2.37. The molecule has 0 amide bonds. The molecule has 1 aliphatic heterocycles. The molecule has 0 fully saturated rings. The van der Waals surface area contributed by atoms with Crippen molar-refractivity contribution in [3.05, 3.63) is 221 Å². The van der Waals surface area contributed by atoms with Crippen LogP contribution < -0.4 is 23.7 Å². The molecule has 7 aromatic carbocycles. The van der Waals surface area contributed by atoms with Gasteiger partial charge < -0.3 is 28.4 Å². The molecule has 0 spiro atoms. The number of benzene rings is 7. The number of carbonyl (C=O) groups excluding carboxylic acids is 1. The van der Waals surface area contributed by atoms with Crippen LogP contribution in [0.5, 0.6) is 28.7 Å². The zero-order valence-electron chi connectivity index (χ0n) is 31.4. The second kappa shape index (κ2) is 18.1. The second-order valence-corrected chi connectivity index (χ2v) is 13.8. The molecule has 0 radical (unpaired) electrons. The van der Waals surface area contributed by atoms with Gasteiger partial charge in [-0.2, -0.15) is 0 Å². The highest BCUT2D eigenvalue weighted by atomic mass is 16.6. The number of hydrogen-bond donors (Lipinski definition) is 0. The molecule has 0 saturated carbocycles. The van der Waals surface area contributed by atoms with E-state index < -0.39 is 18.2 Å². The van der Waals surface area contributed by atoms with Crippen molar-refractivity contribution in [3.8, 4) is 28.7 Å². The largest absolute Gasteiger partial charge is 0.489 e. The van der Waals surface area contributed by atoms with Crippen LogP contribution in [0.1, 0.15) is 49.8 Å². The van der Waals surface area contributed by atoms with Crippen LogP contribution in [-0.2, 0) is 37.6 Å². The van der Waals surface area contributed by atoms with Gasteiger partial charge in [0.05, 0.1) is 5.56 Å². The molecule has 0 N–H and O–H groups in total. The maximum atomic E-state index is 13.8. The molecule has 1 aliphatic rings. The van der Waals surface area contributed by atoms with Crippen LogP contribution in [0, 0.1) is 0 Å². The highest BCUT2D eigenvalue weighted by molar-refractivity contribution is 5.89. The molecular formula is C50H42O7. The van der Waals surface area contributed by atoms with Crippen molar-refractivity contribution in [1.29, 1.82) is 0 Å². The number of carbonyl (C=O) groups is 1. The fourth-order valence-electron chi connectivity index (χ4n) is 6.63. The van der Waals surface area contributed by atoms with Crippen molar-refractivity contribution in [3.63, 3.8) is 0 Å². The van der Waals surface area contributed by atoms with Gasteiger partial charge in [-0.05, 0) is 64.2 Å². The van der Waals surface area contributed by atoms with Crippen LogP contribution in [0.25, 0.3) is 0 Å². The minimum absolute atomic E-state index is 0.340. The molecule has 7 nitrogen and oxygen atoms in total. The lowest BCUT2D eigenvalue weighted by atomic mass is 9.93. The minimum atomic E-state index is -0.690. The van der Waals surface area contributed by atoms with E-state index in [-0.39, 0.29) is 0 Å². The van der Waals surface area contributed by atoms with Crippen molar-refractivity contribution in [2.75, 3.05) is 0 Å². The maximum absolute atomic E-state index is 13.8. The third-order valence-corrected chi connectivity index (χ3v) is 9.68. The molecule has 7 aromatic rings. The van der Waals surface area contributed by atoms with Gasteiger partial charge in [0.2, 0.25) is 0 Å². The van der Waals surface area contributed by atoms with E-state index in [1.54, 1.807) is 24.3 Å². The van der Waals surface area contributed by atoms with Gasteiger partial charge in [0.1, 0.15) is 61.3 Å². The average Bonchev–Trinajstić information content (AvgIpc) is 3.28. The van der Waals surface area contributed by atoms with E-state index in [1.807, 2.05) is 158 Å². The monoisotopic (exact) mass is 754 g/mol. The van der Waals surface area contributed by atoms with E-state index in [0.717, 1.165) is 39.1 Å². The van der Waals surface area contributed by atoms with E-state index in [4.69, 9.17) is 28.4 Å². The number of fused-ring (bicyclic) bond motifs is 1. The topological polar surface area (TPSA) is 72.5 Å². The molecular weight excluding hydrogens is 713 g/mol. The third-order valence-electron chi connectivity index (χ3n) is 9.68. The van der Waals surface area contributed by atoms with Crippen LogP contribution in [0.3, 0.4) is 0 Å². The summed E-state index contributed by atoms with van der Waals surface area (Å²) in [5.41, 5.74) is 6.22. The first-order chi connectivity index (χ1) is 28.1. The Bertz CT molecular complexity index is 2330. The molecule has 2 atom stereocenters.